The Hall–Kier alpha value is -3.49. The normalized spacial score (nSPS) is 19.1. The van der Waals surface area contributed by atoms with Gasteiger partial charge >= 0.3 is 0 Å². The van der Waals surface area contributed by atoms with Crippen LogP contribution in [-0.4, -0.2) is 48.5 Å². The summed E-state index contributed by atoms with van der Waals surface area (Å²) in [7, 11) is 0. The highest BCUT2D eigenvalue weighted by Gasteiger charge is 2.23. The first-order valence-corrected chi connectivity index (χ1v) is 10.8. The number of nitrogens with two attached hydrogens (primary N) is 2. The highest BCUT2D eigenvalue weighted by molar-refractivity contribution is 5.96. The minimum atomic E-state index is 0.117. The number of nitrogen functional groups attached to an aromatic ring is 1. The molecule has 0 radical (unpaired) electrons. The van der Waals surface area contributed by atoms with Crippen LogP contribution in [-0.2, 0) is 4.74 Å². The number of benzene rings is 1. The van der Waals surface area contributed by atoms with E-state index in [2.05, 4.69) is 23.1 Å². The second-order valence-electron chi connectivity index (χ2n) is 8.04. The number of aromatic nitrogens is 2. The van der Waals surface area contributed by atoms with Gasteiger partial charge in [-0.25, -0.2) is 9.97 Å². The number of nitrogens with zero attached hydrogens (tertiary/aromatic N) is 3. The highest BCUT2D eigenvalue weighted by atomic mass is 16.5. The van der Waals surface area contributed by atoms with Crippen LogP contribution in [0.2, 0.25) is 0 Å². The fourth-order valence-electron chi connectivity index (χ4n) is 4.10. The van der Waals surface area contributed by atoms with E-state index < -0.39 is 0 Å². The lowest BCUT2D eigenvalue weighted by Crippen LogP contribution is -2.37. The van der Waals surface area contributed by atoms with Crippen LogP contribution in [0.25, 0.3) is 28.1 Å². The number of anilines is 2. The molecule has 5 N–H and O–H groups in total. The van der Waals surface area contributed by atoms with Crippen molar-refractivity contribution in [1.29, 1.82) is 5.41 Å². The maximum Gasteiger partial charge on any atom is 0.195 e. The third-order valence-electron chi connectivity index (χ3n) is 5.85. The summed E-state index contributed by atoms with van der Waals surface area (Å²) in [6.07, 6.45) is 9.12. The molecule has 3 heterocycles. The third-order valence-corrected chi connectivity index (χ3v) is 5.85. The van der Waals surface area contributed by atoms with E-state index in [-0.39, 0.29) is 6.04 Å². The number of ether oxygens (including phenoxy) is 1. The fourth-order valence-corrected chi connectivity index (χ4v) is 4.10. The lowest BCUT2D eigenvalue weighted by molar-refractivity contribution is 0.122. The molecule has 1 aromatic carbocycles. The Kier molecular flexibility index (Phi) is 5.46. The minimum absolute atomic E-state index is 0.117. The quantitative estimate of drug-likeness (QED) is 0.428. The van der Waals surface area contributed by atoms with E-state index in [1.807, 2.05) is 18.2 Å². The summed E-state index contributed by atoms with van der Waals surface area (Å²) in [5.41, 5.74) is 16.4. The summed E-state index contributed by atoms with van der Waals surface area (Å²) >= 11 is 0. The number of fused-ring (bicyclic) bond motifs is 1. The lowest BCUT2D eigenvalue weighted by Gasteiger charge is -2.28. The lowest BCUT2D eigenvalue weighted by atomic mass is 10.1. The van der Waals surface area contributed by atoms with Crippen molar-refractivity contribution in [2.45, 2.75) is 18.9 Å². The molecule has 1 atom stereocenters. The highest BCUT2D eigenvalue weighted by Crippen LogP contribution is 2.35. The summed E-state index contributed by atoms with van der Waals surface area (Å²) in [6, 6.07) is 7.58. The van der Waals surface area contributed by atoms with Gasteiger partial charge in [-0.1, -0.05) is 30.4 Å². The Balaban J connectivity index is 1.68. The van der Waals surface area contributed by atoms with Crippen molar-refractivity contribution in [3.8, 4) is 11.4 Å². The van der Waals surface area contributed by atoms with Gasteiger partial charge in [0.25, 0.3) is 0 Å². The Morgan fingerprint density at radius 2 is 2.00 bits per heavy atom. The second kappa shape index (κ2) is 8.57. The van der Waals surface area contributed by atoms with Crippen LogP contribution >= 0.6 is 0 Å². The van der Waals surface area contributed by atoms with Crippen LogP contribution in [0.1, 0.15) is 24.2 Å². The summed E-state index contributed by atoms with van der Waals surface area (Å²) in [5.74, 6) is 1.99. The van der Waals surface area contributed by atoms with E-state index in [4.69, 9.17) is 36.0 Å². The van der Waals surface area contributed by atoms with E-state index in [1.54, 1.807) is 6.07 Å². The van der Waals surface area contributed by atoms with Crippen LogP contribution in [0.15, 0.2) is 46.9 Å². The molecule has 8 nitrogen and oxygen atoms in total. The number of nitrogens with one attached hydrogen (secondary N) is 1. The number of allylic oxidation sites excluding steroid dienone is 2. The van der Waals surface area contributed by atoms with Gasteiger partial charge in [0.05, 0.1) is 13.2 Å². The standard InChI is InChI=1S/C24H26N6O2/c25-14-18-17(5-2-6-19(18)27)23-28-20-13-21(15-3-1-4-16(26)8-7-15)32-22(20)24(29-23)30-9-11-31-12-10-30/h1-3,5-7,13-14,16,25H,4,8-12,26-27H2. The van der Waals surface area contributed by atoms with Gasteiger partial charge in [-0.15, -0.1) is 0 Å². The zero-order valence-electron chi connectivity index (χ0n) is 17.8. The van der Waals surface area contributed by atoms with Gasteiger partial charge in [0.1, 0.15) is 11.3 Å². The van der Waals surface area contributed by atoms with Crippen LogP contribution < -0.4 is 16.4 Å². The SMILES string of the molecule is N=Cc1c(N)cccc1-c1nc(N2CCOCC2)c2oc(C3=CCC(N)CC=C3)cc2n1. The zero-order chi connectivity index (χ0) is 22.1. The molecule has 1 unspecified atom stereocenters. The van der Waals surface area contributed by atoms with Crippen molar-refractivity contribution >= 4 is 34.4 Å². The third kappa shape index (κ3) is 3.79. The van der Waals surface area contributed by atoms with Crippen LogP contribution in [0, 0.1) is 5.41 Å². The minimum Gasteiger partial charge on any atom is -0.450 e. The maximum absolute atomic E-state index is 7.83. The van der Waals surface area contributed by atoms with Crippen molar-refractivity contribution < 1.29 is 9.15 Å². The largest absolute Gasteiger partial charge is 0.450 e. The molecule has 164 valence electrons. The molecule has 3 aromatic rings. The number of hydrogen-bond donors (Lipinski definition) is 3. The van der Waals surface area contributed by atoms with Crippen molar-refractivity contribution in [2.75, 3.05) is 36.9 Å². The summed E-state index contributed by atoms with van der Waals surface area (Å²) < 4.78 is 11.8. The summed E-state index contributed by atoms with van der Waals surface area (Å²) in [5, 5.41) is 7.83. The molecular formula is C24H26N6O2. The van der Waals surface area contributed by atoms with Crippen LogP contribution in [0.3, 0.4) is 0 Å². The zero-order valence-corrected chi connectivity index (χ0v) is 17.8. The molecule has 2 aliphatic rings. The van der Waals surface area contributed by atoms with Crippen molar-refractivity contribution in [3.63, 3.8) is 0 Å². The molecule has 2 aromatic heterocycles. The van der Waals surface area contributed by atoms with Gasteiger partial charge in [-0.05, 0) is 18.9 Å². The Morgan fingerprint density at radius 1 is 1.16 bits per heavy atom. The van der Waals surface area contributed by atoms with Gasteiger partial charge in [0.2, 0.25) is 0 Å². The first-order chi connectivity index (χ1) is 15.6. The molecule has 0 bridgehead atoms. The molecule has 5 rings (SSSR count). The van der Waals surface area contributed by atoms with Crippen molar-refractivity contribution in [3.05, 3.63) is 53.8 Å². The number of hydrogen-bond acceptors (Lipinski definition) is 8. The molecule has 1 fully saturated rings. The van der Waals surface area contributed by atoms with E-state index in [9.17, 15) is 0 Å². The van der Waals surface area contributed by atoms with Gasteiger partial charge in [-0.3, -0.25) is 0 Å². The average molecular weight is 431 g/mol. The first-order valence-electron chi connectivity index (χ1n) is 10.8. The smallest absolute Gasteiger partial charge is 0.195 e. The first kappa shape index (κ1) is 20.4. The molecule has 1 aliphatic heterocycles. The van der Waals surface area contributed by atoms with Crippen LogP contribution in [0.4, 0.5) is 11.5 Å². The molecule has 0 spiro atoms. The van der Waals surface area contributed by atoms with Gasteiger partial charge < -0.3 is 30.9 Å². The Labute approximate surface area is 186 Å². The van der Waals surface area contributed by atoms with E-state index in [0.29, 0.717) is 54.5 Å². The molecule has 8 heteroatoms. The van der Waals surface area contributed by atoms with E-state index in [1.165, 1.54) is 6.21 Å². The van der Waals surface area contributed by atoms with Crippen molar-refractivity contribution in [2.24, 2.45) is 5.73 Å². The number of morpholine rings is 1. The molecule has 1 saturated heterocycles. The molecular weight excluding hydrogens is 404 g/mol. The monoisotopic (exact) mass is 430 g/mol. The average Bonchev–Trinajstić information content (AvgIpc) is 3.13. The second-order valence-corrected chi connectivity index (χ2v) is 8.04. The van der Waals surface area contributed by atoms with Gasteiger partial charge in [0, 0.05) is 53.8 Å². The predicted molar refractivity (Wildman–Crippen MR) is 127 cm³/mol. The Morgan fingerprint density at radius 3 is 2.81 bits per heavy atom. The summed E-state index contributed by atoms with van der Waals surface area (Å²) in [6.45, 7) is 2.69. The maximum atomic E-state index is 7.83. The van der Waals surface area contributed by atoms with Gasteiger partial charge in [0.15, 0.2) is 17.2 Å². The number of rotatable bonds is 4. The van der Waals surface area contributed by atoms with E-state index in [0.717, 1.165) is 35.6 Å². The topological polar surface area (TPSA) is 127 Å². The van der Waals surface area contributed by atoms with E-state index >= 15 is 0 Å². The number of furan rings is 1. The predicted octanol–water partition coefficient (Wildman–Crippen LogP) is 3.37. The molecule has 1 aliphatic carbocycles. The molecule has 0 saturated carbocycles. The van der Waals surface area contributed by atoms with Crippen LogP contribution in [0.5, 0.6) is 0 Å². The van der Waals surface area contributed by atoms with Crippen molar-refractivity contribution in [1.82, 2.24) is 9.97 Å². The molecule has 32 heavy (non-hydrogen) atoms. The Bertz CT molecular complexity index is 1220. The summed E-state index contributed by atoms with van der Waals surface area (Å²) in [4.78, 5) is 11.9. The fraction of sp³-hybridized carbons (Fsp3) is 0.292. The van der Waals surface area contributed by atoms with Gasteiger partial charge in [-0.2, -0.15) is 0 Å². The molecule has 0 amide bonds.